The SMILES string of the molecule is c1ccc(-n2c3ccccc3c3cc(-c4ccc5oc6cccc(-c7ccc8c(c7)c7ccc9c%10ccccc%10oc9c7n8-c7ccccc7)c6c5c4)ccc32)cc1. The van der Waals surface area contributed by atoms with Crippen LogP contribution in [0.25, 0.3) is 121 Å². The number of hydrogen-bond acceptors (Lipinski definition) is 2. The van der Waals surface area contributed by atoms with E-state index in [2.05, 4.69) is 197 Å². The molecule has 0 unspecified atom stereocenters. The highest BCUT2D eigenvalue weighted by atomic mass is 16.3. The smallest absolute Gasteiger partial charge is 0.160 e. The molecule has 0 saturated heterocycles. The van der Waals surface area contributed by atoms with E-state index in [4.69, 9.17) is 8.83 Å². The zero-order valence-corrected chi connectivity index (χ0v) is 31.2. The monoisotopic (exact) mass is 740 g/mol. The summed E-state index contributed by atoms with van der Waals surface area (Å²) >= 11 is 0. The number of hydrogen-bond donors (Lipinski definition) is 0. The lowest BCUT2D eigenvalue weighted by molar-refractivity contribution is 0.669. The molecular formula is C54H32N2O2. The highest BCUT2D eigenvalue weighted by Gasteiger charge is 2.21. The molecule has 4 heteroatoms. The van der Waals surface area contributed by atoms with Gasteiger partial charge in [0.05, 0.1) is 22.1 Å². The Hall–Kier alpha value is -7.82. The van der Waals surface area contributed by atoms with E-state index in [0.29, 0.717) is 0 Å². The summed E-state index contributed by atoms with van der Waals surface area (Å²) in [6, 6.07) is 69.5. The Bertz CT molecular complexity index is 3790. The third-order valence-corrected chi connectivity index (χ3v) is 12.1. The van der Waals surface area contributed by atoms with Crippen molar-refractivity contribution in [1.82, 2.24) is 9.13 Å². The number of aromatic nitrogens is 2. The summed E-state index contributed by atoms with van der Waals surface area (Å²) in [5.74, 6) is 0. The molecule has 0 saturated carbocycles. The van der Waals surface area contributed by atoms with Gasteiger partial charge in [-0.25, -0.2) is 0 Å². The van der Waals surface area contributed by atoms with Gasteiger partial charge >= 0.3 is 0 Å². The highest BCUT2D eigenvalue weighted by molar-refractivity contribution is 6.22. The number of benzene rings is 9. The third-order valence-electron chi connectivity index (χ3n) is 12.1. The molecule has 0 amide bonds. The van der Waals surface area contributed by atoms with E-state index in [1.807, 2.05) is 6.07 Å². The Balaban J connectivity index is 1.01. The number of fused-ring (bicyclic) bond motifs is 13. The zero-order chi connectivity index (χ0) is 37.9. The number of rotatable bonds is 4. The summed E-state index contributed by atoms with van der Waals surface area (Å²) in [6.45, 7) is 0. The molecule has 0 atom stereocenters. The predicted molar refractivity (Wildman–Crippen MR) is 241 cm³/mol. The van der Waals surface area contributed by atoms with Crippen LogP contribution in [-0.2, 0) is 0 Å². The van der Waals surface area contributed by atoms with Crippen LogP contribution in [0.3, 0.4) is 0 Å². The second-order valence-corrected chi connectivity index (χ2v) is 15.3. The molecule has 0 spiro atoms. The molecule has 0 aliphatic rings. The molecule has 58 heavy (non-hydrogen) atoms. The maximum atomic E-state index is 6.65. The average Bonchev–Trinajstić information content (AvgIpc) is 4.04. The topological polar surface area (TPSA) is 36.1 Å². The van der Waals surface area contributed by atoms with Gasteiger partial charge in [-0.1, -0.05) is 109 Å². The van der Waals surface area contributed by atoms with Gasteiger partial charge in [-0.3, -0.25) is 0 Å². The van der Waals surface area contributed by atoms with Gasteiger partial charge in [0.25, 0.3) is 0 Å². The Morgan fingerprint density at radius 1 is 0.310 bits per heavy atom. The summed E-state index contributed by atoms with van der Waals surface area (Å²) in [7, 11) is 0. The fourth-order valence-electron chi connectivity index (χ4n) is 9.55. The summed E-state index contributed by atoms with van der Waals surface area (Å²) < 4.78 is 17.9. The van der Waals surface area contributed by atoms with Crippen LogP contribution in [-0.4, -0.2) is 9.13 Å². The van der Waals surface area contributed by atoms with Crippen molar-refractivity contribution < 1.29 is 8.83 Å². The van der Waals surface area contributed by atoms with Crippen LogP contribution >= 0.6 is 0 Å². The van der Waals surface area contributed by atoms with E-state index in [-0.39, 0.29) is 0 Å². The van der Waals surface area contributed by atoms with Crippen molar-refractivity contribution >= 4 is 87.5 Å². The van der Waals surface area contributed by atoms with Crippen molar-refractivity contribution in [2.24, 2.45) is 0 Å². The van der Waals surface area contributed by atoms with Crippen LogP contribution in [0, 0.1) is 0 Å². The van der Waals surface area contributed by atoms with Crippen molar-refractivity contribution in [1.29, 1.82) is 0 Å². The molecular weight excluding hydrogens is 709 g/mol. The summed E-state index contributed by atoms with van der Waals surface area (Å²) in [6.07, 6.45) is 0. The minimum absolute atomic E-state index is 0.877. The van der Waals surface area contributed by atoms with Gasteiger partial charge in [0.1, 0.15) is 16.7 Å². The van der Waals surface area contributed by atoms with Crippen molar-refractivity contribution in [3.05, 3.63) is 194 Å². The lowest BCUT2D eigenvalue weighted by Gasteiger charge is -2.09. The first-order chi connectivity index (χ1) is 28.8. The molecule has 0 fully saturated rings. The fourth-order valence-corrected chi connectivity index (χ4v) is 9.55. The molecule has 0 radical (unpaired) electrons. The molecule has 4 aromatic heterocycles. The Morgan fingerprint density at radius 3 is 1.71 bits per heavy atom. The third kappa shape index (κ3) is 4.40. The molecule has 4 heterocycles. The minimum atomic E-state index is 0.877. The van der Waals surface area contributed by atoms with E-state index >= 15 is 0 Å². The molecule has 4 nitrogen and oxygen atoms in total. The summed E-state index contributed by atoms with van der Waals surface area (Å²) in [5.41, 5.74) is 15.0. The van der Waals surface area contributed by atoms with Crippen LogP contribution < -0.4 is 0 Å². The summed E-state index contributed by atoms with van der Waals surface area (Å²) in [4.78, 5) is 0. The van der Waals surface area contributed by atoms with Crippen molar-refractivity contribution in [2.45, 2.75) is 0 Å². The van der Waals surface area contributed by atoms with Crippen molar-refractivity contribution in [3.63, 3.8) is 0 Å². The van der Waals surface area contributed by atoms with Gasteiger partial charge in [-0.05, 0) is 107 Å². The Kier molecular flexibility index (Phi) is 6.41. The first kappa shape index (κ1) is 31.4. The van der Waals surface area contributed by atoms with E-state index in [1.54, 1.807) is 0 Å². The van der Waals surface area contributed by atoms with Gasteiger partial charge in [0.2, 0.25) is 0 Å². The summed E-state index contributed by atoms with van der Waals surface area (Å²) in [5, 5.41) is 9.27. The standard InChI is InChI=1S/C54H32N2O2/c1-3-12-36(13-4-1)55-46-19-9-7-16-39(46)43-30-33(22-27-47(43)55)34-24-29-50-45(31-34)52-38(18-11-21-51(52)57-50)35-23-28-48-44(32-35)41-25-26-42-40-17-8-10-20-49(40)58-54(42)53(41)56(48)37-14-5-2-6-15-37/h1-32H. The van der Waals surface area contributed by atoms with Crippen LogP contribution in [0.2, 0.25) is 0 Å². The van der Waals surface area contributed by atoms with Gasteiger partial charge in [-0.15, -0.1) is 0 Å². The van der Waals surface area contributed by atoms with E-state index in [1.165, 1.54) is 32.8 Å². The van der Waals surface area contributed by atoms with Crippen LogP contribution in [0.5, 0.6) is 0 Å². The zero-order valence-electron chi connectivity index (χ0n) is 31.2. The maximum Gasteiger partial charge on any atom is 0.160 e. The first-order valence-corrected chi connectivity index (χ1v) is 19.8. The first-order valence-electron chi connectivity index (χ1n) is 19.8. The molecule has 9 aromatic carbocycles. The van der Waals surface area contributed by atoms with Gasteiger partial charge in [-0.2, -0.15) is 0 Å². The van der Waals surface area contributed by atoms with Crippen molar-refractivity contribution in [3.8, 4) is 33.6 Å². The molecule has 0 N–H and O–H groups in total. The lowest BCUT2D eigenvalue weighted by Crippen LogP contribution is -1.93. The maximum absolute atomic E-state index is 6.65. The van der Waals surface area contributed by atoms with E-state index in [9.17, 15) is 0 Å². The van der Waals surface area contributed by atoms with Crippen molar-refractivity contribution in [2.75, 3.05) is 0 Å². The Morgan fingerprint density at radius 2 is 0.879 bits per heavy atom. The largest absolute Gasteiger partial charge is 0.456 e. The van der Waals surface area contributed by atoms with Crippen LogP contribution in [0.4, 0.5) is 0 Å². The number of furan rings is 2. The fraction of sp³-hybridized carbons (Fsp3) is 0. The quantitative estimate of drug-likeness (QED) is 0.180. The lowest BCUT2D eigenvalue weighted by atomic mass is 9.96. The molecule has 270 valence electrons. The molecule has 13 rings (SSSR count). The highest BCUT2D eigenvalue weighted by Crippen LogP contribution is 2.44. The number of nitrogens with zero attached hydrogens (tertiary/aromatic N) is 2. The van der Waals surface area contributed by atoms with Gasteiger partial charge in [0, 0.05) is 54.5 Å². The Labute approximate surface area is 332 Å². The molecule has 13 aromatic rings. The van der Waals surface area contributed by atoms with Gasteiger partial charge in [0.15, 0.2) is 5.58 Å². The average molecular weight is 741 g/mol. The normalized spacial score (nSPS) is 12.1. The molecule has 0 bridgehead atoms. The van der Waals surface area contributed by atoms with E-state index in [0.717, 1.165) is 88.4 Å². The predicted octanol–water partition coefficient (Wildman–Crippen LogP) is 15.0. The van der Waals surface area contributed by atoms with Crippen LogP contribution in [0.1, 0.15) is 0 Å². The molecule has 0 aliphatic carbocycles. The second kappa shape index (κ2) is 11.8. The second-order valence-electron chi connectivity index (χ2n) is 15.3. The van der Waals surface area contributed by atoms with E-state index < -0.39 is 0 Å². The number of para-hydroxylation sites is 4. The minimum Gasteiger partial charge on any atom is -0.456 e. The van der Waals surface area contributed by atoms with Crippen LogP contribution in [0.15, 0.2) is 203 Å². The van der Waals surface area contributed by atoms with Gasteiger partial charge < -0.3 is 18.0 Å². The molecule has 0 aliphatic heterocycles.